The minimum Gasteiger partial charge on any atom is -0.406 e. The normalized spacial score (nSPS) is 11.6. The van der Waals surface area contributed by atoms with E-state index < -0.39 is 6.36 Å². The molecule has 1 nitrogen and oxygen atoms in total. The largest absolute Gasteiger partial charge is 0.573 e. The highest BCUT2D eigenvalue weighted by Crippen LogP contribution is 2.33. The van der Waals surface area contributed by atoms with Gasteiger partial charge in [-0.2, -0.15) is 0 Å². The molecule has 6 rings (SSSR count). The van der Waals surface area contributed by atoms with Crippen LogP contribution in [0, 0.1) is 32.4 Å². The van der Waals surface area contributed by atoms with Gasteiger partial charge in [0, 0.05) is 11.1 Å². The van der Waals surface area contributed by atoms with Crippen LogP contribution in [-0.4, -0.2) is 6.36 Å². The Morgan fingerprint density at radius 2 is 0.800 bits per heavy atom. The fourth-order valence-corrected chi connectivity index (χ4v) is 7.32. The van der Waals surface area contributed by atoms with Crippen molar-refractivity contribution in [2.45, 2.75) is 84.9 Å². The molecule has 0 unspecified atom stereocenters. The molecule has 0 saturated heterocycles. The summed E-state index contributed by atoms with van der Waals surface area (Å²) in [5.41, 5.74) is 12.0. The average molecular weight is 747 g/mol. The van der Waals surface area contributed by atoms with Crippen molar-refractivity contribution in [3.63, 3.8) is 0 Å². The minimum absolute atomic E-state index is 0.174. The van der Waals surface area contributed by atoms with E-state index >= 15 is 8.78 Å². The van der Waals surface area contributed by atoms with E-state index in [9.17, 15) is 13.2 Å². The number of unbranched alkanes of at least 4 members (excludes halogenated alkanes) is 6. The second kappa shape index (κ2) is 17.9. The van der Waals surface area contributed by atoms with E-state index in [1.807, 2.05) is 49.4 Å². The zero-order valence-electron chi connectivity index (χ0n) is 31.7. The number of alkyl halides is 3. The average Bonchev–Trinajstić information content (AvgIpc) is 3.14. The molecule has 0 aromatic heterocycles. The molecule has 284 valence electrons. The van der Waals surface area contributed by atoms with Crippen LogP contribution >= 0.6 is 0 Å². The maximum atomic E-state index is 15.2. The van der Waals surface area contributed by atoms with Gasteiger partial charge in [0.15, 0.2) is 0 Å². The Balaban J connectivity index is 0.895. The zero-order valence-corrected chi connectivity index (χ0v) is 31.7. The molecule has 0 spiro atoms. The Morgan fingerprint density at radius 3 is 1.20 bits per heavy atom. The number of hydrogen-bond acceptors (Lipinski definition) is 1. The fourth-order valence-electron chi connectivity index (χ4n) is 7.32. The maximum Gasteiger partial charge on any atom is 0.573 e. The molecule has 55 heavy (non-hydrogen) atoms. The van der Waals surface area contributed by atoms with Crippen LogP contribution in [0.4, 0.5) is 22.0 Å². The van der Waals surface area contributed by atoms with Crippen LogP contribution in [0.5, 0.6) is 5.75 Å². The molecule has 0 amide bonds. The summed E-state index contributed by atoms with van der Waals surface area (Å²) in [5.74, 6) is -0.716. The van der Waals surface area contributed by atoms with Crippen molar-refractivity contribution in [1.29, 1.82) is 0 Å². The highest BCUT2D eigenvalue weighted by Gasteiger charge is 2.31. The molecule has 0 aliphatic rings. The molecule has 0 fully saturated rings. The summed E-state index contributed by atoms with van der Waals surface area (Å²) < 4.78 is 71.9. The molecular weight excluding hydrogens is 700 g/mol. The molecule has 0 saturated carbocycles. The van der Waals surface area contributed by atoms with Gasteiger partial charge in [0.05, 0.1) is 0 Å². The molecule has 6 aromatic rings. The van der Waals surface area contributed by atoms with E-state index in [2.05, 4.69) is 61.0 Å². The molecule has 0 bridgehead atoms. The highest BCUT2D eigenvalue weighted by atomic mass is 19.4. The van der Waals surface area contributed by atoms with E-state index in [1.165, 1.54) is 23.3 Å². The van der Waals surface area contributed by atoms with Crippen LogP contribution in [0.2, 0.25) is 0 Å². The summed E-state index contributed by atoms with van der Waals surface area (Å²) in [6, 6.07) is 37.1. The molecule has 0 aliphatic carbocycles. The number of ether oxygens (including phenoxy) is 1. The molecule has 0 radical (unpaired) electrons. The Bertz CT molecular complexity index is 2200. The van der Waals surface area contributed by atoms with Crippen LogP contribution in [-0.2, 0) is 12.8 Å². The predicted molar refractivity (Wildman–Crippen MR) is 215 cm³/mol. The van der Waals surface area contributed by atoms with Gasteiger partial charge in [-0.1, -0.05) is 135 Å². The van der Waals surface area contributed by atoms with Gasteiger partial charge < -0.3 is 4.74 Å². The van der Waals surface area contributed by atoms with Crippen molar-refractivity contribution in [3.8, 4) is 50.3 Å². The van der Waals surface area contributed by atoms with Gasteiger partial charge in [0.1, 0.15) is 17.4 Å². The molecule has 0 N–H and O–H groups in total. The second-order valence-corrected chi connectivity index (χ2v) is 14.6. The Labute approximate surface area is 321 Å². The third kappa shape index (κ3) is 10.7. The molecule has 6 heteroatoms. The SMILES string of the molecule is Cc1ccc(-c2ccc(-c3ccc(CCCCCCCCCc4ccc(-c5ccc(-c6ccc(OC(F)(F)F)cc6)c(C)c5)c(F)c4)cc3F)cc2C)cc1. The van der Waals surface area contributed by atoms with E-state index in [0.717, 1.165) is 108 Å². The highest BCUT2D eigenvalue weighted by molar-refractivity contribution is 5.75. The van der Waals surface area contributed by atoms with Crippen LogP contribution < -0.4 is 4.74 Å². The van der Waals surface area contributed by atoms with Gasteiger partial charge in [-0.25, -0.2) is 8.78 Å². The summed E-state index contributed by atoms with van der Waals surface area (Å²) in [6.07, 6.45) is 4.61. The van der Waals surface area contributed by atoms with E-state index in [4.69, 9.17) is 0 Å². The van der Waals surface area contributed by atoms with Gasteiger partial charge in [-0.05, 0) is 126 Å². The van der Waals surface area contributed by atoms with Crippen molar-refractivity contribution in [1.82, 2.24) is 0 Å². The minimum atomic E-state index is -4.74. The maximum absolute atomic E-state index is 15.2. The van der Waals surface area contributed by atoms with Crippen LogP contribution in [0.25, 0.3) is 44.5 Å². The third-order valence-corrected chi connectivity index (χ3v) is 10.3. The summed E-state index contributed by atoms with van der Waals surface area (Å²) in [4.78, 5) is 0. The monoisotopic (exact) mass is 746 g/mol. The lowest BCUT2D eigenvalue weighted by Gasteiger charge is -2.12. The third-order valence-electron chi connectivity index (χ3n) is 10.3. The standard InChI is InChI=1S/C49H47F5O/c1-33-13-17-38(18-14-33)43-27-21-40(29-34(43)2)45-25-15-36(31-47(45)50)11-9-7-5-4-6-8-10-12-37-16-26-46(48(51)32-37)41-22-28-44(35(3)30-41)39-19-23-42(24-20-39)55-49(52,53)54/h13-32H,4-12H2,1-3H3. The number of aryl methyl sites for hydroxylation is 5. The van der Waals surface area contributed by atoms with Gasteiger partial charge >= 0.3 is 6.36 Å². The fraction of sp³-hybridized carbons (Fsp3) is 0.265. The van der Waals surface area contributed by atoms with Crippen LogP contribution in [0.1, 0.15) is 72.8 Å². The number of hydrogen-bond donors (Lipinski definition) is 0. The Kier molecular flexibility index (Phi) is 12.9. The topological polar surface area (TPSA) is 9.23 Å². The summed E-state index contributed by atoms with van der Waals surface area (Å²) >= 11 is 0. The number of rotatable bonds is 15. The van der Waals surface area contributed by atoms with Crippen molar-refractivity contribution >= 4 is 0 Å². The van der Waals surface area contributed by atoms with E-state index in [1.54, 1.807) is 24.3 Å². The molecule has 0 atom stereocenters. The first-order valence-corrected chi connectivity index (χ1v) is 19.2. The lowest BCUT2D eigenvalue weighted by molar-refractivity contribution is -0.274. The Hall–Kier alpha value is -5.23. The lowest BCUT2D eigenvalue weighted by Crippen LogP contribution is -2.16. The van der Waals surface area contributed by atoms with Crippen molar-refractivity contribution in [2.75, 3.05) is 0 Å². The van der Waals surface area contributed by atoms with Crippen molar-refractivity contribution in [2.24, 2.45) is 0 Å². The molecule has 6 aromatic carbocycles. The van der Waals surface area contributed by atoms with E-state index in [-0.39, 0.29) is 17.4 Å². The predicted octanol–water partition coefficient (Wildman–Crippen LogP) is 15.0. The van der Waals surface area contributed by atoms with Gasteiger partial charge in [-0.3, -0.25) is 0 Å². The molecule has 0 heterocycles. The Morgan fingerprint density at radius 1 is 0.418 bits per heavy atom. The van der Waals surface area contributed by atoms with E-state index in [0.29, 0.717) is 11.1 Å². The first-order valence-electron chi connectivity index (χ1n) is 19.2. The zero-order chi connectivity index (χ0) is 39.0. The summed E-state index contributed by atoms with van der Waals surface area (Å²) in [5, 5.41) is 0. The lowest BCUT2D eigenvalue weighted by atomic mass is 9.94. The van der Waals surface area contributed by atoms with Gasteiger partial charge in [-0.15, -0.1) is 13.2 Å². The first-order chi connectivity index (χ1) is 26.4. The summed E-state index contributed by atoms with van der Waals surface area (Å²) in [7, 11) is 0. The quantitative estimate of drug-likeness (QED) is 0.0751. The number of halogens is 5. The van der Waals surface area contributed by atoms with Crippen molar-refractivity contribution in [3.05, 3.63) is 161 Å². The molecular formula is C49H47F5O. The van der Waals surface area contributed by atoms with Crippen LogP contribution in [0.15, 0.2) is 121 Å². The number of benzene rings is 6. The summed E-state index contributed by atoms with van der Waals surface area (Å²) in [6.45, 7) is 6.06. The van der Waals surface area contributed by atoms with Crippen LogP contribution in [0.3, 0.4) is 0 Å². The van der Waals surface area contributed by atoms with Crippen molar-refractivity contribution < 1.29 is 26.7 Å². The second-order valence-electron chi connectivity index (χ2n) is 14.6. The first kappa shape index (κ1) is 39.5. The smallest absolute Gasteiger partial charge is 0.406 e. The van der Waals surface area contributed by atoms with Gasteiger partial charge in [0.25, 0.3) is 0 Å². The van der Waals surface area contributed by atoms with Gasteiger partial charge in [0.2, 0.25) is 0 Å². The molecule has 0 aliphatic heterocycles.